The average Bonchev–Trinajstić information content (AvgIpc) is 3.02. The van der Waals surface area contributed by atoms with Crippen molar-refractivity contribution in [1.82, 2.24) is 14.5 Å². The van der Waals surface area contributed by atoms with Gasteiger partial charge in [-0.2, -0.15) is 0 Å². The van der Waals surface area contributed by atoms with E-state index >= 15 is 0 Å². The lowest BCUT2D eigenvalue weighted by Gasteiger charge is -2.13. The molecular formula is C22H28N4O2. The van der Waals surface area contributed by atoms with Crippen LogP contribution in [0, 0.1) is 5.92 Å². The van der Waals surface area contributed by atoms with E-state index < -0.39 is 5.97 Å². The Balaban J connectivity index is 2.19. The van der Waals surface area contributed by atoms with Crippen LogP contribution in [0.15, 0.2) is 24.3 Å². The second kappa shape index (κ2) is 8.42. The largest absolute Gasteiger partial charge is 0.466 e. The summed E-state index contributed by atoms with van der Waals surface area (Å²) in [4.78, 5) is 20.8. The monoisotopic (exact) mass is 380 g/mol. The number of hydrogen-bond donors (Lipinski definition) is 1. The maximum atomic E-state index is 11.4. The van der Waals surface area contributed by atoms with E-state index in [0.29, 0.717) is 11.7 Å². The molecule has 3 aromatic rings. The lowest BCUT2D eigenvalue weighted by molar-refractivity contribution is -0.134. The van der Waals surface area contributed by atoms with Gasteiger partial charge in [-0.05, 0) is 30.0 Å². The van der Waals surface area contributed by atoms with E-state index in [0.717, 1.165) is 59.1 Å². The van der Waals surface area contributed by atoms with Gasteiger partial charge in [-0.3, -0.25) is 0 Å². The molecule has 0 saturated carbocycles. The molecule has 0 aliphatic rings. The third kappa shape index (κ3) is 4.01. The minimum Gasteiger partial charge on any atom is -0.466 e. The molecule has 0 spiro atoms. The molecule has 0 radical (unpaired) electrons. The second-order valence-corrected chi connectivity index (χ2v) is 7.46. The van der Waals surface area contributed by atoms with E-state index in [9.17, 15) is 4.79 Å². The number of anilines is 1. The molecule has 6 nitrogen and oxygen atoms in total. The van der Waals surface area contributed by atoms with E-state index in [-0.39, 0.29) is 0 Å². The number of aryl methyl sites for hydroxylation is 1. The zero-order chi connectivity index (χ0) is 20.3. The predicted octanol–water partition coefficient (Wildman–Crippen LogP) is 4.35. The third-order valence-electron chi connectivity index (χ3n) is 4.72. The van der Waals surface area contributed by atoms with Crippen molar-refractivity contribution in [2.45, 2.75) is 46.6 Å². The van der Waals surface area contributed by atoms with Crippen LogP contribution in [0.4, 0.5) is 5.82 Å². The van der Waals surface area contributed by atoms with Crippen molar-refractivity contribution in [2.24, 2.45) is 5.92 Å². The van der Waals surface area contributed by atoms with Gasteiger partial charge in [-0.1, -0.05) is 39.3 Å². The van der Waals surface area contributed by atoms with Crippen LogP contribution in [0.25, 0.3) is 28.0 Å². The minimum atomic E-state index is -0.390. The highest BCUT2D eigenvalue weighted by molar-refractivity contribution is 6.07. The maximum absolute atomic E-state index is 11.4. The Morgan fingerprint density at radius 3 is 2.79 bits per heavy atom. The first-order valence-corrected chi connectivity index (χ1v) is 9.79. The molecule has 3 rings (SSSR count). The number of unbranched alkanes of at least 4 members (excludes halogenated alkanes) is 1. The molecule has 0 aliphatic heterocycles. The van der Waals surface area contributed by atoms with Gasteiger partial charge in [0.05, 0.1) is 18.1 Å². The third-order valence-corrected chi connectivity index (χ3v) is 4.72. The standard InChI is InChI=1S/C22H28N4O2/c1-5-6-7-18-25-20-21(26(18)13-14(2)3)16-10-8-15(9-11-19(27)28-4)12-17(16)24-22(20)23/h8-12,14H,5-7,13H2,1-4H3,(H2,23,24)/b11-9+. The molecule has 0 amide bonds. The number of nitrogens with two attached hydrogens (primary N) is 1. The topological polar surface area (TPSA) is 83.0 Å². The Labute approximate surface area is 165 Å². The molecule has 2 N–H and O–H groups in total. The number of hydrogen-bond acceptors (Lipinski definition) is 5. The highest BCUT2D eigenvalue weighted by Gasteiger charge is 2.18. The molecule has 6 heteroatoms. The van der Waals surface area contributed by atoms with Gasteiger partial charge in [-0.15, -0.1) is 0 Å². The van der Waals surface area contributed by atoms with Gasteiger partial charge in [0, 0.05) is 24.4 Å². The fourth-order valence-electron chi connectivity index (χ4n) is 3.40. The minimum absolute atomic E-state index is 0.390. The molecule has 0 aliphatic carbocycles. The number of imidazole rings is 1. The maximum Gasteiger partial charge on any atom is 0.330 e. The summed E-state index contributed by atoms with van der Waals surface area (Å²) < 4.78 is 6.96. The molecule has 0 fully saturated rings. The van der Waals surface area contributed by atoms with Crippen molar-refractivity contribution in [1.29, 1.82) is 0 Å². The molecule has 2 aromatic heterocycles. The molecule has 0 unspecified atom stereocenters. The van der Waals surface area contributed by atoms with Crippen molar-refractivity contribution in [3.63, 3.8) is 0 Å². The number of aromatic nitrogens is 3. The number of esters is 1. The highest BCUT2D eigenvalue weighted by Crippen LogP contribution is 2.30. The van der Waals surface area contributed by atoms with E-state index in [1.165, 1.54) is 13.2 Å². The molecule has 28 heavy (non-hydrogen) atoms. The van der Waals surface area contributed by atoms with Crippen molar-refractivity contribution in [2.75, 3.05) is 12.8 Å². The van der Waals surface area contributed by atoms with Gasteiger partial charge in [0.1, 0.15) is 11.3 Å². The summed E-state index contributed by atoms with van der Waals surface area (Å²) in [6.45, 7) is 7.48. The zero-order valence-electron chi connectivity index (χ0n) is 17.0. The fraction of sp³-hybridized carbons (Fsp3) is 0.409. The number of carbonyl (C=O) groups excluding carboxylic acids is 1. The van der Waals surface area contributed by atoms with Crippen LogP contribution in [0.5, 0.6) is 0 Å². The molecule has 0 atom stereocenters. The summed E-state index contributed by atoms with van der Waals surface area (Å²) in [6, 6.07) is 5.93. The first-order chi connectivity index (χ1) is 13.4. The van der Waals surface area contributed by atoms with Crippen molar-refractivity contribution in [3.05, 3.63) is 35.7 Å². The SMILES string of the molecule is CCCCc1nc2c(N)nc3cc(/C=C/C(=O)OC)ccc3c2n1CC(C)C. The van der Waals surface area contributed by atoms with Crippen LogP contribution in [0.1, 0.15) is 45.0 Å². The van der Waals surface area contributed by atoms with Crippen molar-refractivity contribution >= 4 is 39.8 Å². The number of fused-ring (bicyclic) bond motifs is 3. The first-order valence-electron chi connectivity index (χ1n) is 9.79. The molecule has 2 heterocycles. The van der Waals surface area contributed by atoms with Gasteiger partial charge in [0.2, 0.25) is 0 Å². The molecule has 148 valence electrons. The van der Waals surface area contributed by atoms with Crippen molar-refractivity contribution < 1.29 is 9.53 Å². The highest BCUT2D eigenvalue weighted by atomic mass is 16.5. The number of nitrogens with zero attached hydrogens (tertiary/aromatic N) is 3. The number of carbonyl (C=O) groups is 1. The van der Waals surface area contributed by atoms with Gasteiger partial charge >= 0.3 is 5.97 Å². The number of ether oxygens (including phenoxy) is 1. The Kier molecular flexibility index (Phi) is 5.97. The number of rotatable bonds is 7. The molecular weight excluding hydrogens is 352 g/mol. The van der Waals surface area contributed by atoms with Crippen LogP contribution < -0.4 is 5.73 Å². The van der Waals surface area contributed by atoms with E-state index in [4.69, 9.17) is 10.7 Å². The molecule has 1 aromatic carbocycles. The van der Waals surface area contributed by atoms with E-state index in [1.54, 1.807) is 6.08 Å². The van der Waals surface area contributed by atoms with Gasteiger partial charge in [0.15, 0.2) is 5.82 Å². The number of nitrogen functional groups attached to an aromatic ring is 1. The predicted molar refractivity (Wildman–Crippen MR) is 114 cm³/mol. The lowest BCUT2D eigenvalue weighted by atomic mass is 10.1. The summed E-state index contributed by atoms with van der Waals surface area (Å²) in [5.74, 6) is 1.61. The summed E-state index contributed by atoms with van der Waals surface area (Å²) in [6.07, 6.45) is 6.25. The van der Waals surface area contributed by atoms with Crippen LogP contribution in [0.3, 0.4) is 0 Å². The fourth-order valence-corrected chi connectivity index (χ4v) is 3.40. The van der Waals surface area contributed by atoms with Crippen LogP contribution in [-0.2, 0) is 22.5 Å². The summed E-state index contributed by atoms with van der Waals surface area (Å²) in [5, 5.41) is 1.02. The quantitative estimate of drug-likeness (QED) is 0.487. The average molecular weight is 380 g/mol. The lowest BCUT2D eigenvalue weighted by Crippen LogP contribution is -2.09. The van der Waals surface area contributed by atoms with Crippen molar-refractivity contribution in [3.8, 4) is 0 Å². The first kappa shape index (κ1) is 19.9. The molecule has 0 saturated heterocycles. The summed E-state index contributed by atoms with van der Waals surface area (Å²) in [5.41, 5.74) is 9.76. The number of methoxy groups -OCH3 is 1. The van der Waals surface area contributed by atoms with Crippen LogP contribution in [-0.4, -0.2) is 27.6 Å². The van der Waals surface area contributed by atoms with Gasteiger partial charge in [0.25, 0.3) is 0 Å². The van der Waals surface area contributed by atoms with Crippen LogP contribution in [0.2, 0.25) is 0 Å². The number of benzene rings is 1. The smallest absolute Gasteiger partial charge is 0.330 e. The Bertz CT molecular complexity index is 1030. The van der Waals surface area contributed by atoms with E-state index in [1.807, 2.05) is 18.2 Å². The van der Waals surface area contributed by atoms with Gasteiger partial charge < -0.3 is 15.0 Å². The Hall–Kier alpha value is -2.89. The second-order valence-electron chi connectivity index (χ2n) is 7.46. The van der Waals surface area contributed by atoms with E-state index in [2.05, 4.69) is 35.1 Å². The zero-order valence-corrected chi connectivity index (χ0v) is 17.0. The molecule has 0 bridgehead atoms. The van der Waals surface area contributed by atoms with Gasteiger partial charge in [-0.25, -0.2) is 14.8 Å². The number of pyridine rings is 1. The Morgan fingerprint density at radius 1 is 1.32 bits per heavy atom. The van der Waals surface area contributed by atoms with Crippen LogP contribution >= 0.6 is 0 Å². The normalized spacial score (nSPS) is 11.9. The summed E-state index contributed by atoms with van der Waals surface area (Å²) in [7, 11) is 1.36. The summed E-state index contributed by atoms with van der Waals surface area (Å²) >= 11 is 0. The Morgan fingerprint density at radius 2 is 2.11 bits per heavy atom.